The Morgan fingerprint density at radius 3 is 2.90 bits per heavy atom. The predicted molar refractivity (Wildman–Crippen MR) is 72.6 cm³/mol. The molecule has 21 heavy (non-hydrogen) atoms. The van der Waals surface area contributed by atoms with Crippen LogP contribution in [0.25, 0.3) is 0 Å². The Hall–Kier alpha value is -3.04. The summed E-state index contributed by atoms with van der Waals surface area (Å²) in [5.74, 6) is 0.0581. The van der Waals surface area contributed by atoms with Gasteiger partial charge in [0.05, 0.1) is 11.5 Å². The third kappa shape index (κ3) is 3.49. The van der Waals surface area contributed by atoms with Gasteiger partial charge in [0.1, 0.15) is 5.69 Å². The summed E-state index contributed by atoms with van der Waals surface area (Å²) in [6.07, 6.45) is 0. The number of anilines is 1. The zero-order valence-electron chi connectivity index (χ0n) is 11.2. The van der Waals surface area contributed by atoms with E-state index < -0.39 is 4.92 Å². The van der Waals surface area contributed by atoms with Crippen molar-refractivity contribution in [3.8, 4) is 0 Å². The van der Waals surface area contributed by atoms with Gasteiger partial charge in [0, 0.05) is 18.2 Å². The lowest BCUT2D eigenvalue weighted by molar-refractivity contribution is -0.384. The maximum absolute atomic E-state index is 11.8. The topological polar surface area (TPSA) is 139 Å². The van der Waals surface area contributed by atoms with Gasteiger partial charge in [-0.1, -0.05) is 5.21 Å². The number of hydrogen-bond donors (Lipinski definition) is 3. The third-order valence-electron chi connectivity index (χ3n) is 2.62. The lowest BCUT2D eigenvalue weighted by Gasteiger charge is -2.07. The van der Waals surface area contributed by atoms with E-state index in [-0.39, 0.29) is 23.8 Å². The van der Waals surface area contributed by atoms with Crippen molar-refractivity contribution in [1.82, 2.24) is 25.9 Å². The van der Waals surface area contributed by atoms with E-state index in [1.54, 1.807) is 6.92 Å². The Balaban J connectivity index is 2.24. The van der Waals surface area contributed by atoms with Gasteiger partial charge in [-0.05, 0) is 19.1 Å². The van der Waals surface area contributed by atoms with Gasteiger partial charge in [0.25, 0.3) is 11.6 Å². The summed E-state index contributed by atoms with van der Waals surface area (Å²) in [5, 5.41) is 29.6. The number of tetrazole rings is 1. The van der Waals surface area contributed by atoms with E-state index in [4.69, 9.17) is 0 Å². The number of hydrogen-bond acceptors (Lipinski definition) is 7. The van der Waals surface area contributed by atoms with Gasteiger partial charge in [-0.2, -0.15) is 5.21 Å². The van der Waals surface area contributed by atoms with Crippen LogP contribution in [-0.2, 0) is 6.54 Å². The van der Waals surface area contributed by atoms with Crippen LogP contribution >= 0.6 is 0 Å². The third-order valence-corrected chi connectivity index (χ3v) is 2.62. The van der Waals surface area contributed by atoms with E-state index in [9.17, 15) is 14.9 Å². The Bertz CT molecular complexity index is 641. The highest BCUT2D eigenvalue weighted by Crippen LogP contribution is 2.25. The van der Waals surface area contributed by atoms with Crippen molar-refractivity contribution in [3.05, 3.63) is 39.7 Å². The number of H-pyrrole nitrogens is 1. The summed E-state index contributed by atoms with van der Waals surface area (Å²) in [6, 6.07) is 4.11. The molecular formula is C11H13N7O3. The number of carbonyl (C=O) groups excluding carboxylic acids is 1. The number of rotatable bonds is 6. The molecule has 0 aliphatic rings. The molecule has 0 atom stereocenters. The molecule has 0 radical (unpaired) electrons. The van der Waals surface area contributed by atoms with E-state index >= 15 is 0 Å². The highest BCUT2D eigenvalue weighted by atomic mass is 16.6. The van der Waals surface area contributed by atoms with Crippen LogP contribution in [0.15, 0.2) is 18.2 Å². The molecular weight excluding hydrogens is 278 g/mol. The Morgan fingerprint density at radius 1 is 1.48 bits per heavy atom. The van der Waals surface area contributed by atoms with Crippen LogP contribution < -0.4 is 10.6 Å². The number of amides is 1. The van der Waals surface area contributed by atoms with E-state index in [0.29, 0.717) is 17.9 Å². The first-order chi connectivity index (χ1) is 10.1. The highest BCUT2D eigenvalue weighted by Gasteiger charge is 2.17. The molecule has 0 bridgehead atoms. The van der Waals surface area contributed by atoms with Gasteiger partial charge in [-0.3, -0.25) is 14.9 Å². The van der Waals surface area contributed by atoms with E-state index in [1.807, 2.05) is 0 Å². The molecule has 0 unspecified atom stereocenters. The largest absolute Gasteiger partial charge is 0.372 e. The lowest BCUT2D eigenvalue weighted by atomic mass is 10.1. The molecule has 0 saturated carbocycles. The molecule has 0 aliphatic heterocycles. The lowest BCUT2D eigenvalue weighted by Crippen LogP contribution is -2.22. The van der Waals surface area contributed by atoms with Gasteiger partial charge >= 0.3 is 0 Å². The number of aromatic nitrogens is 4. The average molecular weight is 291 g/mol. The summed E-state index contributed by atoms with van der Waals surface area (Å²) >= 11 is 0. The molecule has 0 saturated heterocycles. The maximum atomic E-state index is 11.8. The molecule has 1 amide bonds. The first-order valence-corrected chi connectivity index (χ1v) is 6.14. The Labute approximate surface area is 119 Å². The number of nitro groups is 1. The number of benzene rings is 1. The fourth-order valence-electron chi connectivity index (χ4n) is 1.67. The van der Waals surface area contributed by atoms with Gasteiger partial charge in [-0.25, -0.2) is 0 Å². The molecule has 0 fully saturated rings. The van der Waals surface area contributed by atoms with Crippen LogP contribution in [0.2, 0.25) is 0 Å². The SMILES string of the molecule is CCNC(=O)c1ccc([N+](=O)[O-])c(NCc2nn[nH]n2)c1. The van der Waals surface area contributed by atoms with Crippen LogP contribution in [0.3, 0.4) is 0 Å². The zero-order valence-corrected chi connectivity index (χ0v) is 11.2. The van der Waals surface area contributed by atoms with E-state index in [1.165, 1.54) is 18.2 Å². The molecule has 1 aromatic heterocycles. The monoisotopic (exact) mass is 291 g/mol. The Morgan fingerprint density at radius 2 is 2.29 bits per heavy atom. The molecule has 0 aliphatic carbocycles. The maximum Gasteiger partial charge on any atom is 0.292 e. The van der Waals surface area contributed by atoms with Crippen molar-refractivity contribution >= 4 is 17.3 Å². The Kier molecular flexibility index (Phi) is 4.39. The molecule has 10 heteroatoms. The molecule has 2 rings (SSSR count). The average Bonchev–Trinajstić information content (AvgIpc) is 2.98. The van der Waals surface area contributed by atoms with Crippen LogP contribution in [0, 0.1) is 10.1 Å². The normalized spacial score (nSPS) is 10.1. The number of aromatic amines is 1. The number of nitro benzene ring substituents is 1. The van der Waals surface area contributed by atoms with E-state index in [0.717, 1.165) is 0 Å². The van der Waals surface area contributed by atoms with Crippen LogP contribution in [0.4, 0.5) is 11.4 Å². The van der Waals surface area contributed by atoms with Crippen LogP contribution in [0.5, 0.6) is 0 Å². The van der Waals surface area contributed by atoms with Crippen LogP contribution in [0.1, 0.15) is 23.1 Å². The van der Waals surface area contributed by atoms with E-state index in [2.05, 4.69) is 31.3 Å². The fraction of sp³-hybridized carbons (Fsp3) is 0.273. The first-order valence-electron chi connectivity index (χ1n) is 6.14. The molecule has 0 spiro atoms. The molecule has 1 heterocycles. The summed E-state index contributed by atoms with van der Waals surface area (Å²) in [4.78, 5) is 22.2. The smallest absolute Gasteiger partial charge is 0.292 e. The molecule has 10 nitrogen and oxygen atoms in total. The second kappa shape index (κ2) is 6.41. The molecule has 1 aromatic carbocycles. The highest BCUT2D eigenvalue weighted by molar-refractivity contribution is 5.95. The number of nitrogens with zero attached hydrogens (tertiary/aromatic N) is 4. The van der Waals surface area contributed by atoms with Gasteiger partial charge in [0.15, 0.2) is 5.82 Å². The first kappa shape index (κ1) is 14.4. The quantitative estimate of drug-likeness (QED) is 0.519. The number of carbonyl (C=O) groups is 1. The summed E-state index contributed by atoms with van der Waals surface area (Å²) in [6.45, 7) is 2.41. The van der Waals surface area contributed by atoms with Crippen molar-refractivity contribution in [2.75, 3.05) is 11.9 Å². The van der Waals surface area contributed by atoms with Crippen LogP contribution in [-0.4, -0.2) is 38.0 Å². The molecule has 3 N–H and O–H groups in total. The molecule has 110 valence electrons. The minimum absolute atomic E-state index is 0.133. The number of nitrogens with one attached hydrogen (secondary N) is 3. The fourth-order valence-corrected chi connectivity index (χ4v) is 1.67. The van der Waals surface area contributed by atoms with Crippen molar-refractivity contribution in [1.29, 1.82) is 0 Å². The zero-order chi connectivity index (χ0) is 15.2. The predicted octanol–water partition coefficient (Wildman–Crippen LogP) is 0.470. The van der Waals surface area contributed by atoms with Crippen molar-refractivity contribution in [2.24, 2.45) is 0 Å². The minimum atomic E-state index is -0.528. The molecule has 2 aromatic rings. The summed E-state index contributed by atoms with van der Waals surface area (Å²) in [5.41, 5.74) is 0.415. The second-order valence-corrected chi connectivity index (χ2v) is 4.03. The standard InChI is InChI=1S/C11H13N7O3/c1-2-12-11(19)7-3-4-9(18(20)21)8(5-7)13-6-10-14-16-17-15-10/h3-5,13H,2,6H2,1H3,(H,12,19)(H,14,15,16,17). The second-order valence-electron chi connectivity index (χ2n) is 4.03. The minimum Gasteiger partial charge on any atom is -0.372 e. The summed E-state index contributed by atoms with van der Waals surface area (Å²) in [7, 11) is 0. The van der Waals surface area contributed by atoms with Crippen molar-refractivity contribution in [3.63, 3.8) is 0 Å². The van der Waals surface area contributed by atoms with Gasteiger partial charge < -0.3 is 10.6 Å². The van der Waals surface area contributed by atoms with Gasteiger partial charge in [0.2, 0.25) is 0 Å². The van der Waals surface area contributed by atoms with Gasteiger partial charge in [-0.15, -0.1) is 10.2 Å². The summed E-state index contributed by atoms with van der Waals surface area (Å²) < 4.78 is 0. The van der Waals surface area contributed by atoms with Crippen molar-refractivity contribution < 1.29 is 9.72 Å². The van der Waals surface area contributed by atoms with Crippen molar-refractivity contribution in [2.45, 2.75) is 13.5 Å².